The number of anilines is 1. The molecule has 1 amide bonds. The van der Waals surface area contributed by atoms with E-state index >= 15 is 0 Å². The summed E-state index contributed by atoms with van der Waals surface area (Å²) < 4.78 is 9.49. The van der Waals surface area contributed by atoms with E-state index in [9.17, 15) is 9.59 Å². The Morgan fingerprint density at radius 2 is 2.00 bits per heavy atom. The van der Waals surface area contributed by atoms with Crippen LogP contribution in [-0.4, -0.2) is 31.2 Å². The number of benzene rings is 1. The van der Waals surface area contributed by atoms with Gasteiger partial charge in [-0.2, -0.15) is 0 Å². The Kier molecular flexibility index (Phi) is 3.61. The van der Waals surface area contributed by atoms with Gasteiger partial charge in [0.2, 0.25) is 5.76 Å². The van der Waals surface area contributed by atoms with Crippen LogP contribution in [0.15, 0.2) is 41.1 Å². The Bertz CT molecular complexity index is 592. The van der Waals surface area contributed by atoms with Crippen molar-refractivity contribution in [1.29, 1.82) is 0 Å². The SMILES string of the molecule is COC(=O)c1ccccc1N(C)C(=O)c1ccno1. The Morgan fingerprint density at radius 1 is 1.26 bits per heavy atom. The number of hydrogen-bond donors (Lipinski definition) is 0. The number of carbonyl (C=O) groups is 2. The first kappa shape index (κ1) is 12.8. The molecule has 0 aliphatic heterocycles. The van der Waals surface area contributed by atoms with E-state index in [-0.39, 0.29) is 5.76 Å². The van der Waals surface area contributed by atoms with Gasteiger partial charge in [-0.1, -0.05) is 17.3 Å². The summed E-state index contributed by atoms with van der Waals surface area (Å²) >= 11 is 0. The highest BCUT2D eigenvalue weighted by molar-refractivity contribution is 6.07. The highest BCUT2D eigenvalue weighted by atomic mass is 16.5. The van der Waals surface area contributed by atoms with Gasteiger partial charge in [-0.3, -0.25) is 4.79 Å². The van der Waals surface area contributed by atoms with Crippen LogP contribution in [0.3, 0.4) is 0 Å². The number of methoxy groups -OCH3 is 1. The molecule has 1 heterocycles. The maximum absolute atomic E-state index is 12.1. The lowest BCUT2D eigenvalue weighted by molar-refractivity contribution is 0.0601. The third-order valence-electron chi connectivity index (χ3n) is 2.62. The van der Waals surface area contributed by atoms with Crippen LogP contribution in [-0.2, 0) is 4.74 Å². The lowest BCUT2D eigenvalue weighted by atomic mass is 10.1. The van der Waals surface area contributed by atoms with Gasteiger partial charge in [-0.05, 0) is 12.1 Å². The number of aromatic nitrogens is 1. The zero-order valence-corrected chi connectivity index (χ0v) is 10.5. The molecule has 98 valence electrons. The summed E-state index contributed by atoms with van der Waals surface area (Å²) in [5.74, 6) is -0.802. The average Bonchev–Trinajstić information content (AvgIpc) is 2.99. The largest absolute Gasteiger partial charge is 0.465 e. The molecule has 0 aliphatic rings. The second-order valence-corrected chi connectivity index (χ2v) is 3.75. The quantitative estimate of drug-likeness (QED) is 0.786. The molecule has 2 aromatic rings. The number of hydrogen-bond acceptors (Lipinski definition) is 5. The van der Waals surface area contributed by atoms with Gasteiger partial charge in [-0.25, -0.2) is 4.79 Å². The molecule has 0 saturated carbocycles. The van der Waals surface area contributed by atoms with Crippen LogP contribution in [0, 0.1) is 0 Å². The highest BCUT2D eigenvalue weighted by Gasteiger charge is 2.21. The zero-order valence-electron chi connectivity index (χ0n) is 10.5. The molecule has 0 N–H and O–H groups in total. The Balaban J connectivity index is 2.36. The molecule has 6 nitrogen and oxygen atoms in total. The van der Waals surface area contributed by atoms with E-state index in [1.807, 2.05) is 0 Å². The summed E-state index contributed by atoms with van der Waals surface area (Å²) in [6.07, 6.45) is 1.38. The Morgan fingerprint density at radius 3 is 2.63 bits per heavy atom. The van der Waals surface area contributed by atoms with E-state index in [1.54, 1.807) is 31.3 Å². The van der Waals surface area contributed by atoms with Crippen LogP contribution >= 0.6 is 0 Å². The minimum Gasteiger partial charge on any atom is -0.465 e. The molecule has 0 unspecified atom stereocenters. The fourth-order valence-corrected chi connectivity index (χ4v) is 1.65. The summed E-state index contributed by atoms with van der Waals surface area (Å²) in [5, 5.41) is 3.48. The van der Waals surface area contributed by atoms with Gasteiger partial charge in [0.1, 0.15) is 0 Å². The third kappa shape index (κ3) is 2.47. The van der Waals surface area contributed by atoms with Crippen molar-refractivity contribution in [3.63, 3.8) is 0 Å². The Labute approximate surface area is 109 Å². The molecule has 0 saturated heterocycles. The maximum atomic E-state index is 12.1. The lowest BCUT2D eigenvalue weighted by Crippen LogP contribution is -2.27. The fourth-order valence-electron chi connectivity index (χ4n) is 1.65. The van der Waals surface area contributed by atoms with E-state index in [0.717, 1.165) is 0 Å². The molecule has 0 radical (unpaired) electrons. The molecule has 0 atom stereocenters. The van der Waals surface area contributed by atoms with Crippen LogP contribution in [0.5, 0.6) is 0 Å². The van der Waals surface area contributed by atoms with Crippen molar-refractivity contribution in [2.75, 3.05) is 19.1 Å². The van der Waals surface area contributed by atoms with E-state index in [2.05, 4.69) is 9.89 Å². The minimum absolute atomic E-state index is 0.0992. The van der Waals surface area contributed by atoms with Gasteiger partial charge in [-0.15, -0.1) is 0 Å². The molecule has 1 aromatic heterocycles. The van der Waals surface area contributed by atoms with Crippen LogP contribution in [0.25, 0.3) is 0 Å². The van der Waals surface area contributed by atoms with Gasteiger partial charge < -0.3 is 14.2 Å². The molecule has 1 aromatic carbocycles. The van der Waals surface area contributed by atoms with Gasteiger partial charge in [0.25, 0.3) is 5.91 Å². The monoisotopic (exact) mass is 260 g/mol. The number of carbonyl (C=O) groups excluding carboxylic acids is 2. The van der Waals surface area contributed by atoms with Crippen LogP contribution < -0.4 is 4.90 Å². The highest BCUT2D eigenvalue weighted by Crippen LogP contribution is 2.21. The molecule has 2 rings (SSSR count). The van der Waals surface area contributed by atoms with E-state index < -0.39 is 11.9 Å². The van der Waals surface area contributed by atoms with Gasteiger partial charge in [0.15, 0.2) is 0 Å². The molecule has 0 spiro atoms. The number of esters is 1. The van der Waals surface area contributed by atoms with E-state index in [1.165, 1.54) is 24.3 Å². The van der Waals surface area contributed by atoms with Crippen LogP contribution in [0.1, 0.15) is 20.9 Å². The van der Waals surface area contributed by atoms with Crippen molar-refractivity contribution in [2.45, 2.75) is 0 Å². The van der Waals surface area contributed by atoms with Crippen LogP contribution in [0.4, 0.5) is 5.69 Å². The molecular formula is C13H12N2O4. The topological polar surface area (TPSA) is 72.6 Å². The number of rotatable bonds is 3. The first-order valence-corrected chi connectivity index (χ1v) is 5.51. The summed E-state index contributed by atoms with van der Waals surface area (Å²) in [5.41, 5.74) is 0.746. The summed E-state index contributed by atoms with van der Waals surface area (Å²) in [7, 11) is 2.84. The number of ether oxygens (including phenoxy) is 1. The predicted molar refractivity (Wildman–Crippen MR) is 67.0 cm³/mol. The lowest BCUT2D eigenvalue weighted by Gasteiger charge is -2.18. The molecule has 0 bridgehead atoms. The molecule has 0 aliphatic carbocycles. The molecule has 0 fully saturated rings. The molecular weight excluding hydrogens is 248 g/mol. The van der Waals surface area contributed by atoms with Gasteiger partial charge in [0, 0.05) is 13.1 Å². The second-order valence-electron chi connectivity index (χ2n) is 3.75. The Hall–Kier alpha value is -2.63. The van der Waals surface area contributed by atoms with Crippen molar-refractivity contribution in [1.82, 2.24) is 5.16 Å². The average molecular weight is 260 g/mol. The zero-order chi connectivity index (χ0) is 13.8. The van der Waals surface area contributed by atoms with E-state index in [4.69, 9.17) is 4.52 Å². The first-order valence-electron chi connectivity index (χ1n) is 5.51. The van der Waals surface area contributed by atoms with Gasteiger partial charge >= 0.3 is 5.97 Å². The summed E-state index contributed by atoms with van der Waals surface area (Å²) in [4.78, 5) is 25.1. The number of amides is 1. The van der Waals surface area contributed by atoms with E-state index in [0.29, 0.717) is 11.3 Å². The third-order valence-corrected chi connectivity index (χ3v) is 2.62. The normalized spacial score (nSPS) is 10.0. The van der Waals surface area contributed by atoms with Crippen LogP contribution in [0.2, 0.25) is 0 Å². The van der Waals surface area contributed by atoms with Crippen molar-refractivity contribution < 1.29 is 18.8 Å². The predicted octanol–water partition coefficient (Wildman–Crippen LogP) is 1.74. The minimum atomic E-state index is -0.507. The first-order chi connectivity index (χ1) is 9.15. The molecule has 19 heavy (non-hydrogen) atoms. The fraction of sp³-hybridized carbons (Fsp3) is 0.154. The van der Waals surface area contributed by atoms with Crippen molar-refractivity contribution in [2.24, 2.45) is 0 Å². The summed E-state index contributed by atoms with van der Waals surface area (Å²) in [6, 6.07) is 8.12. The summed E-state index contributed by atoms with van der Waals surface area (Å²) in [6.45, 7) is 0. The van der Waals surface area contributed by atoms with Crippen molar-refractivity contribution in [3.8, 4) is 0 Å². The smallest absolute Gasteiger partial charge is 0.339 e. The van der Waals surface area contributed by atoms with Crippen molar-refractivity contribution >= 4 is 17.6 Å². The maximum Gasteiger partial charge on any atom is 0.339 e. The van der Waals surface area contributed by atoms with Gasteiger partial charge in [0.05, 0.1) is 24.6 Å². The number of para-hydroxylation sites is 1. The standard InChI is InChI=1S/C13H12N2O4/c1-15(12(16)11-7-8-14-19-11)10-6-4-3-5-9(10)13(17)18-2/h3-8H,1-2H3. The number of nitrogens with zero attached hydrogens (tertiary/aromatic N) is 2. The molecule has 6 heteroatoms. The van der Waals surface area contributed by atoms with Crippen molar-refractivity contribution in [3.05, 3.63) is 47.9 Å². The second kappa shape index (κ2) is 5.34.